The molecule has 3 nitrogen and oxygen atoms in total. The number of rotatable bonds is 7. The van der Waals surface area contributed by atoms with Crippen LogP contribution in [0.3, 0.4) is 0 Å². The molecule has 0 radical (unpaired) electrons. The maximum Gasteiger partial charge on any atom is 0.164 e. The Balaban J connectivity index is 2.28. The average molecular weight is 214 g/mol. The van der Waals surface area contributed by atoms with Gasteiger partial charge in [0.15, 0.2) is 6.29 Å². The van der Waals surface area contributed by atoms with Crippen LogP contribution in [0.2, 0.25) is 0 Å². The lowest BCUT2D eigenvalue weighted by Crippen LogP contribution is -2.21. The van der Waals surface area contributed by atoms with Crippen molar-refractivity contribution >= 4 is 5.78 Å². The standard InChI is InChI=1S/C12H22O3/c1-3-5-6-10(4-2)11(13)9-12-14-7-8-15-12/h10,12H,3-9H2,1-2H3/t10-/m1/s1. The van der Waals surface area contributed by atoms with Crippen LogP contribution in [0.1, 0.15) is 46.0 Å². The van der Waals surface area contributed by atoms with Gasteiger partial charge in [-0.2, -0.15) is 0 Å². The van der Waals surface area contributed by atoms with Crippen molar-refractivity contribution in [2.75, 3.05) is 13.2 Å². The van der Waals surface area contributed by atoms with Gasteiger partial charge in [0.2, 0.25) is 0 Å². The van der Waals surface area contributed by atoms with E-state index in [9.17, 15) is 4.79 Å². The largest absolute Gasteiger partial charge is 0.350 e. The Morgan fingerprint density at radius 3 is 2.53 bits per heavy atom. The number of hydrogen-bond donors (Lipinski definition) is 0. The highest BCUT2D eigenvalue weighted by Gasteiger charge is 2.23. The molecule has 1 rings (SSSR count). The molecule has 1 saturated heterocycles. The van der Waals surface area contributed by atoms with Crippen LogP contribution in [0, 0.1) is 5.92 Å². The second kappa shape index (κ2) is 6.96. The van der Waals surface area contributed by atoms with E-state index < -0.39 is 0 Å². The highest BCUT2D eigenvalue weighted by molar-refractivity contribution is 5.81. The molecule has 0 spiro atoms. The van der Waals surface area contributed by atoms with Gasteiger partial charge in [-0.15, -0.1) is 0 Å². The first-order valence-corrected chi connectivity index (χ1v) is 6.03. The summed E-state index contributed by atoms with van der Waals surface area (Å²) >= 11 is 0. The molecule has 1 atom stereocenters. The zero-order valence-corrected chi connectivity index (χ0v) is 9.83. The quantitative estimate of drug-likeness (QED) is 0.653. The van der Waals surface area contributed by atoms with E-state index in [-0.39, 0.29) is 12.2 Å². The van der Waals surface area contributed by atoms with Crippen LogP contribution in [-0.4, -0.2) is 25.3 Å². The van der Waals surface area contributed by atoms with Gasteiger partial charge in [0.1, 0.15) is 5.78 Å². The highest BCUT2D eigenvalue weighted by atomic mass is 16.7. The van der Waals surface area contributed by atoms with Gasteiger partial charge >= 0.3 is 0 Å². The first-order valence-electron chi connectivity index (χ1n) is 6.03. The summed E-state index contributed by atoms with van der Waals surface area (Å²) in [5.41, 5.74) is 0. The number of hydrogen-bond acceptors (Lipinski definition) is 3. The van der Waals surface area contributed by atoms with E-state index >= 15 is 0 Å². The highest BCUT2D eigenvalue weighted by Crippen LogP contribution is 2.18. The molecule has 0 unspecified atom stereocenters. The van der Waals surface area contributed by atoms with Crippen LogP contribution in [0.15, 0.2) is 0 Å². The molecule has 0 aliphatic carbocycles. The molecule has 1 aliphatic heterocycles. The summed E-state index contributed by atoms with van der Waals surface area (Å²) in [7, 11) is 0. The zero-order valence-electron chi connectivity index (χ0n) is 9.83. The van der Waals surface area contributed by atoms with Crippen LogP contribution >= 0.6 is 0 Å². The number of carbonyl (C=O) groups excluding carboxylic acids is 1. The van der Waals surface area contributed by atoms with Crippen molar-refractivity contribution in [3.8, 4) is 0 Å². The molecular weight excluding hydrogens is 192 g/mol. The summed E-state index contributed by atoms with van der Waals surface area (Å²) in [5, 5.41) is 0. The van der Waals surface area contributed by atoms with E-state index in [1.54, 1.807) is 0 Å². The maximum atomic E-state index is 11.9. The molecule has 0 aromatic heterocycles. The van der Waals surface area contributed by atoms with Gasteiger partial charge < -0.3 is 9.47 Å². The summed E-state index contributed by atoms with van der Waals surface area (Å²) in [6.45, 7) is 5.49. The molecule has 3 heteroatoms. The fraction of sp³-hybridized carbons (Fsp3) is 0.917. The van der Waals surface area contributed by atoms with Gasteiger partial charge in [0.05, 0.1) is 19.6 Å². The molecule has 88 valence electrons. The van der Waals surface area contributed by atoms with E-state index in [4.69, 9.17) is 9.47 Å². The lowest BCUT2D eigenvalue weighted by molar-refractivity contribution is -0.131. The third kappa shape index (κ3) is 4.31. The van der Waals surface area contributed by atoms with Crippen molar-refractivity contribution in [1.82, 2.24) is 0 Å². The Morgan fingerprint density at radius 1 is 1.33 bits per heavy atom. The Morgan fingerprint density at radius 2 is 2.00 bits per heavy atom. The number of Topliss-reactive ketones (excluding diaryl/α,β-unsaturated/α-hetero) is 1. The molecule has 0 amide bonds. The van der Waals surface area contributed by atoms with Crippen LogP contribution in [-0.2, 0) is 14.3 Å². The fourth-order valence-corrected chi connectivity index (χ4v) is 1.90. The molecule has 1 heterocycles. The lowest BCUT2D eigenvalue weighted by Gasteiger charge is -2.15. The maximum absolute atomic E-state index is 11.9. The molecular formula is C12H22O3. The minimum Gasteiger partial charge on any atom is -0.350 e. The second-order valence-corrected chi connectivity index (χ2v) is 4.09. The minimum atomic E-state index is -0.270. The molecule has 0 saturated carbocycles. The molecule has 1 aliphatic rings. The molecule has 15 heavy (non-hydrogen) atoms. The number of carbonyl (C=O) groups is 1. The van der Waals surface area contributed by atoms with E-state index in [1.165, 1.54) is 0 Å². The lowest BCUT2D eigenvalue weighted by atomic mass is 9.93. The van der Waals surface area contributed by atoms with Gasteiger partial charge in [-0.3, -0.25) is 4.79 Å². The number of ether oxygens (including phenoxy) is 2. The van der Waals surface area contributed by atoms with Gasteiger partial charge in [0, 0.05) is 5.92 Å². The smallest absolute Gasteiger partial charge is 0.164 e. The molecule has 0 bridgehead atoms. The Labute approximate surface area is 92.1 Å². The normalized spacial score (nSPS) is 19.3. The number of unbranched alkanes of at least 4 members (excludes halogenated alkanes) is 1. The van der Waals surface area contributed by atoms with Gasteiger partial charge in [-0.25, -0.2) is 0 Å². The first kappa shape index (κ1) is 12.7. The number of ketones is 1. The summed E-state index contributed by atoms with van der Waals surface area (Å²) in [4.78, 5) is 11.9. The summed E-state index contributed by atoms with van der Waals surface area (Å²) in [6.07, 6.45) is 4.40. The summed E-state index contributed by atoms with van der Waals surface area (Å²) in [5.74, 6) is 0.510. The predicted molar refractivity (Wildman–Crippen MR) is 58.6 cm³/mol. The average Bonchev–Trinajstić information content (AvgIpc) is 2.71. The van der Waals surface area contributed by atoms with Gasteiger partial charge in [0.25, 0.3) is 0 Å². The Bertz CT molecular complexity index is 185. The Hall–Kier alpha value is -0.410. The van der Waals surface area contributed by atoms with Crippen LogP contribution in [0.25, 0.3) is 0 Å². The van der Waals surface area contributed by atoms with Gasteiger partial charge in [-0.1, -0.05) is 26.7 Å². The van der Waals surface area contributed by atoms with E-state index in [0.29, 0.717) is 25.4 Å². The Kier molecular flexibility index (Phi) is 5.88. The second-order valence-electron chi connectivity index (χ2n) is 4.09. The topological polar surface area (TPSA) is 35.5 Å². The van der Waals surface area contributed by atoms with Crippen LogP contribution < -0.4 is 0 Å². The van der Waals surface area contributed by atoms with Crippen molar-refractivity contribution in [1.29, 1.82) is 0 Å². The van der Waals surface area contributed by atoms with E-state index in [2.05, 4.69) is 13.8 Å². The monoisotopic (exact) mass is 214 g/mol. The van der Waals surface area contributed by atoms with E-state index in [1.807, 2.05) is 0 Å². The fourth-order valence-electron chi connectivity index (χ4n) is 1.90. The third-order valence-corrected chi connectivity index (χ3v) is 2.91. The molecule has 0 aromatic carbocycles. The molecule has 0 N–H and O–H groups in total. The third-order valence-electron chi connectivity index (χ3n) is 2.91. The van der Waals surface area contributed by atoms with Gasteiger partial charge in [-0.05, 0) is 12.8 Å². The van der Waals surface area contributed by atoms with Crippen LogP contribution in [0.5, 0.6) is 0 Å². The van der Waals surface area contributed by atoms with Crippen molar-refractivity contribution in [3.63, 3.8) is 0 Å². The summed E-state index contributed by atoms with van der Waals surface area (Å²) in [6, 6.07) is 0. The zero-order chi connectivity index (χ0) is 11.1. The van der Waals surface area contributed by atoms with E-state index in [0.717, 1.165) is 25.7 Å². The molecule has 1 fully saturated rings. The molecule has 0 aromatic rings. The van der Waals surface area contributed by atoms with Crippen molar-refractivity contribution in [3.05, 3.63) is 0 Å². The summed E-state index contributed by atoms with van der Waals surface area (Å²) < 4.78 is 10.6. The SMILES string of the molecule is CCCC[C@@H](CC)C(=O)CC1OCCO1. The predicted octanol–water partition coefficient (Wildman–Crippen LogP) is 2.53. The van der Waals surface area contributed by atoms with Crippen LogP contribution in [0.4, 0.5) is 0 Å². The minimum absolute atomic E-state index is 0.206. The van der Waals surface area contributed by atoms with Crippen molar-refractivity contribution < 1.29 is 14.3 Å². The first-order chi connectivity index (χ1) is 7.27. The van der Waals surface area contributed by atoms with Crippen molar-refractivity contribution in [2.24, 2.45) is 5.92 Å². The van der Waals surface area contributed by atoms with Crippen molar-refractivity contribution in [2.45, 2.75) is 52.2 Å².